The van der Waals surface area contributed by atoms with Crippen LogP contribution in [-0.2, 0) is 16.0 Å². The number of rotatable bonds is 4. The average Bonchev–Trinajstić information content (AvgIpc) is 2.29. The Labute approximate surface area is 108 Å². The molecule has 17 heavy (non-hydrogen) atoms. The smallest absolute Gasteiger partial charge is 0.124 e. The minimum absolute atomic E-state index is 0.0979. The molecular formula is C12H15BrFNO2. The highest BCUT2D eigenvalue weighted by Gasteiger charge is 2.13. The predicted molar refractivity (Wildman–Crippen MR) is 66.4 cm³/mol. The molecule has 0 radical (unpaired) electrons. The first-order valence-electron chi connectivity index (χ1n) is 5.59. The van der Waals surface area contributed by atoms with Crippen LogP contribution in [0.2, 0.25) is 0 Å². The topological polar surface area (TPSA) is 30.5 Å². The number of nitrogens with one attached hydrogen (secondary N) is 1. The van der Waals surface area contributed by atoms with Gasteiger partial charge in [0.15, 0.2) is 0 Å². The minimum atomic E-state index is -0.228. The van der Waals surface area contributed by atoms with E-state index in [0.717, 1.165) is 10.0 Å². The van der Waals surface area contributed by atoms with Crippen molar-refractivity contribution in [3.05, 3.63) is 34.1 Å². The first-order chi connectivity index (χ1) is 8.24. The summed E-state index contributed by atoms with van der Waals surface area (Å²) in [6, 6.07) is 4.87. The van der Waals surface area contributed by atoms with Crippen molar-refractivity contribution in [1.29, 1.82) is 0 Å². The molecule has 0 amide bonds. The molecule has 1 fully saturated rings. The SMILES string of the molecule is Fc1cc(Br)cc(CNCC2COCCO2)c1. The molecule has 2 rings (SSSR count). The average molecular weight is 304 g/mol. The van der Waals surface area contributed by atoms with Crippen molar-refractivity contribution in [2.24, 2.45) is 0 Å². The Bertz CT molecular complexity index is 349. The van der Waals surface area contributed by atoms with Crippen LogP contribution in [0, 0.1) is 5.82 Å². The van der Waals surface area contributed by atoms with Gasteiger partial charge in [-0.2, -0.15) is 0 Å². The lowest BCUT2D eigenvalue weighted by atomic mass is 10.2. The van der Waals surface area contributed by atoms with Crippen LogP contribution in [0.5, 0.6) is 0 Å². The van der Waals surface area contributed by atoms with E-state index in [4.69, 9.17) is 9.47 Å². The molecule has 1 saturated heterocycles. The lowest BCUT2D eigenvalue weighted by Gasteiger charge is -2.23. The fourth-order valence-corrected chi connectivity index (χ4v) is 2.26. The summed E-state index contributed by atoms with van der Waals surface area (Å²) in [6.07, 6.45) is 0.0979. The fourth-order valence-electron chi connectivity index (χ4n) is 1.74. The van der Waals surface area contributed by atoms with E-state index in [0.29, 0.717) is 32.9 Å². The Morgan fingerprint density at radius 1 is 1.35 bits per heavy atom. The maximum Gasteiger partial charge on any atom is 0.124 e. The van der Waals surface area contributed by atoms with E-state index in [-0.39, 0.29) is 11.9 Å². The molecule has 1 atom stereocenters. The molecule has 1 heterocycles. The number of hydrogen-bond donors (Lipinski definition) is 1. The van der Waals surface area contributed by atoms with E-state index in [9.17, 15) is 4.39 Å². The van der Waals surface area contributed by atoms with Crippen LogP contribution in [0.25, 0.3) is 0 Å². The van der Waals surface area contributed by atoms with Crippen LogP contribution in [0.1, 0.15) is 5.56 Å². The fraction of sp³-hybridized carbons (Fsp3) is 0.500. The second kappa shape index (κ2) is 6.44. The number of benzene rings is 1. The Kier molecular flexibility index (Phi) is 4.91. The van der Waals surface area contributed by atoms with Gasteiger partial charge in [0.1, 0.15) is 5.82 Å². The van der Waals surface area contributed by atoms with Gasteiger partial charge in [0, 0.05) is 17.6 Å². The molecule has 0 spiro atoms. The van der Waals surface area contributed by atoms with Crippen molar-refractivity contribution in [3.8, 4) is 0 Å². The maximum atomic E-state index is 13.1. The van der Waals surface area contributed by atoms with Gasteiger partial charge in [0.2, 0.25) is 0 Å². The van der Waals surface area contributed by atoms with Gasteiger partial charge in [0.25, 0.3) is 0 Å². The van der Waals surface area contributed by atoms with Crippen LogP contribution >= 0.6 is 15.9 Å². The zero-order valence-corrected chi connectivity index (χ0v) is 11.0. The standard InChI is InChI=1S/C12H15BrFNO2/c13-10-3-9(4-11(14)5-10)6-15-7-12-8-16-1-2-17-12/h3-5,12,15H,1-2,6-8H2. The Balaban J connectivity index is 1.77. The van der Waals surface area contributed by atoms with E-state index in [1.807, 2.05) is 6.07 Å². The molecule has 1 aromatic rings. The predicted octanol–water partition coefficient (Wildman–Crippen LogP) is 2.09. The second-order valence-corrected chi connectivity index (χ2v) is 4.89. The normalized spacial score (nSPS) is 20.5. The van der Waals surface area contributed by atoms with Crippen molar-refractivity contribution in [2.45, 2.75) is 12.6 Å². The van der Waals surface area contributed by atoms with Gasteiger partial charge in [-0.15, -0.1) is 0 Å². The van der Waals surface area contributed by atoms with Crippen molar-refractivity contribution in [3.63, 3.8) is 0 Å². The molecular weight excluding hydrogens is 289 g/mol. The number of ether oxygens (including phenoxy) is 2. The van der Waals surface area contributed by atoms with E-state index in [2.05, 4.69) is 21.2 Å². The summed E-state index contributed by atoms with van der Waals surface area (Å²) >= 11 is 3.27. The lowest BCUT2D eigenvalue weighted by Crippen LogP contribution is -2.37. The first kappa shape index (κ1) is 13.0. The summed E-state index contributed by atoms with van der Waals surface area (Å²) in [5.41, 5.74) is 0.911. The van der Waals surface area contributed by atoms with Crippen LogP contribution in [0.4, 0.5) is 4.39 Å². The summed E-state index contributed by atoms with van der Waals surface area (Å²) < 4.78 is 24.6. The Morgan fingerprint density at radius 2 is 2.24 bits per heavy atom. The summed E-state index contributed by atoms with van der Waals surface area (Å²) in [5.74, 6) is -0.228. The molecule has 1 unspecified atom stereocenters. The van der Waals surface area contributed by atoms with Crippen LogP contribution in [-0.4, -0.2) is 32.5 Å². The number of hydrogen-bond acceptors (Lipinski definition) is 3. The molecule has 1 aliphatic heterocycles. The quantitative estimate of drug-likeness (QED) is 0.924. The van der Waals surface area contributed by atoms with E-state index < -0.39 is 0 Å². The zero-order valence-electron chi connectivity index (χ0n) is 9.42. The highest BCUT2D eigenvalue weighted by atomic mass is 79.9. The molecule has 3 nitrogen and oxygen atoms in total. The van der Waals surface area contributed by atoms with Gasteiger partial charge in [0.05, 0.1) is 25.9 Å². The molecule has 0 saturated carbocycles. The molecule has 5 heteroatoms. The van der Waals surface area contributed by atoms with Gasteiger partial charge >= 0.3 is 0 Å². The first-order valence-corrected chi connectivity index (χ1v) is 6.38. The van der Waals surface area contributed by atoms with E-state index in [1.165, 1.54) is 12.1 Å². The Hall–Kier alpha value is -0.490. The summed E-state index contributed by atoms with van der Waals surface area (Å²) in [5, 5.41) is 3.23. The largest absolute Gasteiger partial charge is 0.376 e. The highest BCUT2D eigenvalue weighted by molar-refractivity contribution is 9.10. The van der Waals surface area contributed by atoms with Gasteiger partial charge in [-0.05, 0) is 23.8 Å². The van der Waals surface area contributed by atoms with E-state index >= 15 is 0 Å². The van der Waals surface area contributed by atoms with Gasteiger partial charge in [-0.25, -0.2) is 4.39 Å². The third-order valence-corrected chi connectivity index (χ3v) is 2.97. The maximum absolute atomic E-state index is 13.1. The summed E-state index contributed by atoms with van der Waals surface area (Å²) in [7, 11) is 0. The molecule has 0 bridgehead atoms. The van der Waals surface area contributed by atoms with Gasteiger partial charge in [-0.3, -0.25) is 0 Å². The van der Waals surface area contributed by atoms with Crippen molar-refractivity contribution in [1.82, 2.24) is 5.32 Å². The molecule has 0 aliphatic carbocycles. The lowest BCUT2D eigenvalue weighted by molar-refractivity contribution is -0.0864. The molecule has 1 N–H and O–H groups in total. The van der Waals surface area contributed by atoms with Crippen molar-refractivity contribution < 1.29 is 13.9 Å². The van der Waals surface area contributed by atoms with Crippen LogP contribution < -0.4 is 5.32 Å². The molecule has 0 aromatic heterocycles. The zero-order chi connectivity index (χ0) is 12.1. The monoisotopic (exact) mass is 303 g/mol. The van der Waals surface area contributed by atoms with Crippen molar-refractivity contribution in [2.75, 3.05) is 26.4 Å². The third kappa shape index (κ3) is 4.35. The number of halogens is 2. The van der Waals surface area contributed by atoms with Gasteiger partial charge < -0.3 is 14.8 Å². The second-order valence-electron chi connectivity index (χ2n) is 3.98. The van der Waals surface area contributed by atoms with Crippen LogP contribution in [0.15, 0.2) is 22.7 Å². The Morgan fingerprint density at radius 3 is 2.94 bits per heavy atom. The van der Waals surface area contributed by atoms with E-state index in [1.54, 1.807) is 0 Å². The van der Waals surface area contributed by atoms with Crippen molar-refractivity contribution >= 4 is 15.9 Å². The summed E-state index contributed by atoms with van der Waals surface area (Å²) in [6.45, 7) is 3.29. The summed E-state index contributed by atoms with van der Waals surface area (Å²) in [4.78, 5) is 0. The highest BCUT2D eigenvalue weighted by Crippen LogP contribution is 2.14. The molecule has 1 aromatic carbocycles. The third-order valence-electron chi connectivity index (χ3n) is 2.51. The minimum Gasteiger partial charge on any atom is -0.376 e. The molecule has 1 aliphatic rings. The van der Waals surface area contributed by atoms with Gasteiger partial charge in [-0.1, -0.05) is 15.9 Å². The molecule has 94 valence electrons. The van der Waals surface area contributed by atoms with Crippen LogP contribution in [0.3, 0.4) is 0 Å².